The molecule has 0 aliphatic heterocycles. The second kappa shape index (κ2) is 7.61. The van der Waals surface area contributed by atoms with E-state index < -0.39 is 23.2 Å². The van der Waals surface area contributed by atoms with Crippen LogP contribution < -0.4 is 10.5 Å². The Morgan fingerprint density at radius 1 is 1.19 bits per heavy atom. The van der Waals surface area contributed by atoms with Gasteiger partial charge in [-0.05, 0) is 49.9 Å². The molecule has 7 heteroatoms. The van der Waals surface area contributed by atoms with Gasteiger partial charge in [0.05, 0.1) is 0 Å². The number of nitrogens with two attached hydrogens (primary N) is 1. The second-order valence-electron chi connectivity index (χ2n) is 7.25. The van der Waals surface area contributed by atoms with Gasteiger partial charge in [0.25, 0.3) is 0 Å². The van der Waals surface area contributed by atoms with Crippen molar-refractivity contribution in [2.75, 3.05) is 6.61 Å². The van der Waals surface area contributed by atoms with E-state index in [1.165, 1.54) is 12.4 Å². The average molecular weight is 367 g/mol. The van der Waals surface area contributed by atoms with Crippen LogP contribution in [0.25, 0.3) is 11.1 Å². The van der Waals surface area contributed by atoms with Crippen LogP contribution in [0.3, 0.4) is 0 Å². The molecular formula is C19H24F3N3O. The van der Waals surface area contributed by atoms with E-state index in [0.717, 1.165) is 6.07 Å². The van der Waals surface area contributed by atoms with Crippen LogP contribution in [0.1, 0.15) is 38.4 Å². The van der Waals surface area contributed by atoms with Crippen LogP contribution >= 0.6 is 0 Å². The monoisotopic (exact) mass is 367 g/mol. The van der Waals surface area contributed by atoms with Gasteiger partial charge < -0.3 is 10.5 Å². The molecule has 2 N–H and O–H groups in total. The Labute approximate surface area is 151 Å². The number of hydrogen-bond donors (Lipinski definition) is 1. The summed E-state index contributed by atoms with van der Waals surface area (Å²) in [5, 5.41) is 0. The SMILES string of the molecule is Cc1nc(OCC(C)(N)CC(C)C)c(C(F)(F)F)cc1-c1ccncc1. The first-order valence-electron chi connectivity index (χ1n) is 8.40. The number of aromatic nitrogens is 2. The van der Waals surface area contributed by atoms with E-state index in [4.69, 9.17) is 10.5 Å². The molecule has 142 valence electrons. The first kappa shape index (κ1) is 20.2. The number of rotatable bonds is 6. The predicted octanol–water partition coefficient (Wildman–Crippen LogP) is 4.61. The Hall–Kier alpha value is -2.15. The van der Waals surface area contributed by atoms with Crippen molar-refractivity contribution in [2.45, 2.75) is 45.8 Å². The minimum Gasteiger partial charge on any atom is -0.475 e. The normalized spacial score (nSPS) is 14.3. The zero-order valence-electron chi connectivity index (χ0n) is 15.4. The predicted molar refractivity (Wildman–Crippen MR) is 94.7 cm³/mol. The minimum atomic E-state index is -4.58. The Bertz CT molecular complexity index is 744. The molecular weight excluding hydrogens is 343 g/mol. The molecule has 1 atom stereocenters. The van der Waals surface area contributed by atoms with Gasteiger partial charge in [0, 0.05) is 29.2 Å². The molecule has 0 bridgehead atoms. The Morgan fingerprint density at radius 2 is 1.81 bits per heavy atom. The van der Waals surface area contributed by atoms with Crippen molar-refractivity contribution in [1.29, 1.82) is 0 Å². The molecule has 0 aliphatic carbocycles. The van der Waals surface area contributed by atoms with E-state index in [-0.39, 0.29) is 6.61 Å². The van der Waals surface area contributed by atoms with Crippen LogP contribution in [0.5, 0.6) is 5.88 Å². The minimum absolute atomic E-state index is 0.0463. The molecule has 0 aliphatic rings. The van der Waals surface area contributed by atoms with Gasteiger partial charge in [-0.25, -0.2) is 4.98 Å². The molecule has 2 heterocycles. The summed E-state index contributed by atoms with van der Waals surface area (Å²) in [7, 11) is 0. The summed E-state index contributed by atoms with van der Waals surface area (Å²) >= 11 is 0. The summed E-state index contributed by atoms with van der Waals surface area (Å²) in [6, 6.07) is 4.36. The first-order valence-corrected chi connectivity index (χ1v) is 8.40. The van der Waals surface area contributed by atoms with Crippen LogP contribution in [0.15, 0.2) is 30.6 Å². The Morgan fingerprint density at radius 3 is 2.35 bits per heavy atom. The van der Waals surface area contributed by atoms with Crippen LogP contribution in [0.2, 0.25) is 0 Å². The van der Waals surface area contributed by atoms with Gasteiger partial charge in [0.1, 0.15) is 12.2 Å². The zero-order valence-corrected chi connectivity index (χ0v) is 15.4. The van der Waals surface area contributed by atoms with Crippen molar-refractivity contribution in [3.8, 4) is 17.0 Å². The maximum Gasteiger partial charge on any atom is 0.421 e. The lowest BCUT2D eigenvalue weighted by molar-refractivity contribution is -0.139. The zero-order chi connectivity index (χ0) is 19.5. The first-order chi connectivity index (χ1) is 12.0. The molecule has 0 fully saturated rings. The lowest BCUT2D eigenvalue weighted by Crippen LogP contribution is -2.43. The Kier molecular flexibility index (Phi) is 5.91. The van der Waals surface area contributed by atoms with Crippen molar-refractivity contribution >= 4 is 0 Å². The quantitative estimate of drug-likeness (QED) is 0.810. The highest BCUT2D eigenvalue weighted by Gasteiger charge is 2.37. The molecule has 0 radical (unpaired) electrons. The van der Waals surface area contributed by atoms with E-state index in [1.807, 2.05) is 13.8 Å². The van der Waals surface area contributed by atoms with Gasteiger partial charge >= 0.3 is 6.18 Å². The molecule has 1 unspecified atom stereocenters. The molecule has 0 saturated carbocycles. The van der Waals surface area contributed by atoms with Crippen LogP contribution in [0.4, 0.5) is 13.2 Å². The third-order valence-electron chi connectivity index (χ3n) is 3.89. The lowest BCUT2D eigenvalue weighted by Gasteiger charge is -2.27. The number of hydrogen-bond acceptors (Lipinski definition) is 4. The number of halogens is 3. The smallest absolute Gasteiger partial charge is 0.421 e. The fraction of sp³-hybridized carbons (Fsp3) is 0.474. The second-order valence-corrected chi connectivity index (χ2v) is 7.25. The summed E-state index contributed by atoms with van der Waals surface area (Å²) in [4.78, 5) is 7.97. The third kappa shape index (κ3) is 5.17. The largest absolute Gasteiger partial charge is 0.475 e. The molecule has 26 heavy (non-hydrogen) atoms. The van der Waals surface area contributed by atoms with E-state index in [1.54, 1.807) is 26.0 Å². The molecule has 0 spiro atoms. The molecule has 0 saturated heterocycles. The van der Waals surface area contributed by atoms with Crippen molar-refractivity contribution < 1.29 is 17.9 Å². The molecule has 4 nitrogen and oxygen atoms in total. The molecule has 2 aromatic heterocycles. The molecule has 0 aromatic carbocycles. The van der Waals surface area contributed by atoms with Crippen LogP contribution in [-0.2, 0) is 6.18 Å². The number of alkyl halides is 3. The fourth-order valence-corrected chi connectivity index (χ4v) is 2.94. The summed E-state index contributed by atoms with van der Waals surface area (Å²) in [6.07, 6.45) is -0.903. The summed E-state index contributed by atoms with van der Waals surface area (Å²) < 4.78 is 46.1. The highest BCUT2D eigenvalue weighted by molar-refractivity contribution is 5.67. The molecule has 0 amide bonds. The fourth-order valence-electron chi connectivity index (χ4n) is 2.94. The van der Waals surface area contributed by atoms with Crippen LogP contribution in [-0.4, -0.2) is 22.1 Å². The maximum absolute atomic E-state index is 13.5. The van der Waals surface area contributed by atoms with E-state index in [2.05, 4.69) is 9.97 Å². The standard InChI is InChI=1S/C19H24F3N3O/c1-12(2)10-18(4,23)11-26-17-16(19(20,21)22)9-15(13(3)25-17)14-5-7-24-8-6-14/h5-9,12H,10-11,23H2,1-4H3. The van der Waals surface area contributed by atoms with E-state index >= 15 is 0 Å². The number of ether oxygens (including phenoxy) is 1. The highest BCUT2D eigenvalue weighted by atomic mass is 19.4. The topological polar surface area (TPSA) is 61.0 Å². The average Bonchev–Trinajstić information content (AvgIpc) is 2.51. The number of pyridine rings is 2. The summed E-state index contributed by atoms with van der Waals surface area (Å²) in [5.41, 5.74) is 5.95. The third-order valence-corrected chi connectivity index (χ3v) is 3.89. The van der Waals surface area contributed by atoms with Crippen molar-refractivity contribution in [1.82, 2.24) is 9.97 Å². The van der Waals surface area contributed by atoms with Gasteiger partial charge in [0.15, 0.2) is 0 Å². The van der Waals surface area contributed by atoms with Gasteiger partial charge in [-0.1, -0.05) is 13.8 Å². The highest BCUT2D eigenvalue weighted by Crippen LogP contribution is 2.39. The van der Waals surface area contributed by atoms with Crippen molar-refractivity contribution in [3.63, 3.8) is 0 Å². The number of nitrogens with zero attached hydrogens (tertiary/aromatic N) is 2. The van der Waals surface area contributed by atoms with E-state index in [0.29, 0.717) is 29.2 Å². The van der Waals surface area contributed by atoms with Gasteiger partial charge in [-0.3, -0.25) is 4.98 Å². The summed E-state index contributed by atoms with van der Waals surface area (Å²) in [5.74, 6) is -0.132. The van der Waals surface area contributed by atoms with Crippen molar-refractivity contribution in [3.05, 3.63) is 41.9 Å². The van der Waals surface area contributed by atoms with E-state index in [9.17, 15) is 13.2 Å². The van der Waals surface area contributed by atoms with Gasteiger partial charge in [-0.2, -0.15) is 13.2 Å². The maximum atomic E-state index is 13.5. The van der Waals surface area contributed by atoms with Crippen LogP contribution in [0, 0.1) is 12.8 Å². The Balaban J connectivity index is 2.39. The van der Waals surface area contributed by atoms with Crippen molar-refractivity contribution in [2.24, 2.45) is 11.7 Å². The van der Waals surface area contributed by atoms with Gasteiger partial charge in [-0.15, -0.1) is 0 Å². The molecule has 2 aromatic rings. The summed E-state index contributed by atoms with van der Waals surface area (Å²) in [6.45, 7) is 7.36. The van der Waals surface area contributed by atoms with Gasteiger partial charge in [0.2, 0.25) is 5.88 Å². The number of aryl methyl sites for hydroxylation is 1. The molecule has 2 rings (SSSR count). The lowest BCUT2D eigenvalue weighted by atomic mass is 9.93.